The minimum absolute atomic E-state index is 0.0745. The van der Waals surface area contributed by atoms with Crippen molar-refractivity contribution in [2.45, 2.75) is 32.2 Å². The first kappa shape index (κ1) is 19.7. The summed E-state index contributed by atoms with van der Waals surface area (Å²) in [6, 6.07) is 11.3. The maximum atomic E-state index is 12.6. The molecule has 0 aliphatic heterocycles. The molecule has 0 atom stereocenters. The minimum Gasteiger partial charge on any atom is -0.395 e. The second kappa shape index (κ2) is 9.79. The maximum Gasteiger partial charge on any atom is 0.274 e. The molecule has 2 aromatic rings. The van der Waals surface area contributed by atoms with E-state index in [1.54, 1.807) is 18.3 Å². The molecular formula is C22H24N4O2. The molecule has 1 heterocycles. The Morgan fingerprint density at radius 2 is 2.14 bits per heavy atom. The molecule has 3 rings (SSSR count). The van der Waals surface area contributed by atoms with Gasteiger partial charge in [0.15, 0.2) is 0 Å². The number of benzene rings is 1. The summed E-state index contributed by atoms with van der Waals surface area (Å²) in [6.45, 7) is 1.16. The van der Waals surface area contributed by atoms with E-state index < -0.39 is 0 Å². The van der Waals surface area contributed by atoms with Gasteiger partial charge in [-0.1, -0.05) is 24.3 Å². The predicted octanol–water partition coefficient (Wildman–Crippen LogP) is 3.24. The average molecular weight is 376 g/mol. The van der Waals surface area contributed by atoms with Gasteiger partial charge < -0.3 is 15.7 Å². The Balaban J connectivity index is 1.75. The Morgan fingerprint density at radius 3 is 2.82 bits per heavy atom. The van der Waals surface area contributed by atoms with Crippen LogP contribution in [0.15, 0.2) is 42.6 Å². The Hall–Kier alpha value is -3.01. The fourth-order valence-electron chi connectivity index (χ4n) is 3.29. The summed E-state index contributed by atoms with van der Waals surface area (Å²) in [6.07, 6.45) is 8.11. The van der Waals surface area contributed by atoms with Crippen LogP contribution in [0, 0.1) is 11.3 Å². The monoisotopic (exact) mass is 376 g/mol. The van der Waals surface area contributed by atoms with Crippen LogP contribution in [-0.2, 0) is 6.54 Å². The number of anilines is 1. The lowest BCUT2D eigenvalue weighted by molar-refractivity contribution is 0.102. The number of carbonyl (C=O) groups excluding carboxylic acids is 1. The van der Waals surface area contributed by atoms with E-state index in [-0.39, 0.29) is 18.2 Å². The maximum absolute atomic E-state index is 12.6. The molecule has 0 saturated heterocycles. The number of aromatic nitrogens is 1. The van der Waals surface area contributed by atoms with Crippen molar-refractivity contribution in [3.63, 3.8) is 0 Å². The van der Waals surface area contributed by atoms with Crippen molar-refractivity contribution < 1.29 is 9.90 Å². The number of hydrogen-bond acceptors (Lipinski definition) is 5. The molecule has 6 nitrogen and oxygen atoms in total. The molecule has 0 spiro atoms. The normalized spacial score (nSPS) is 13.5. The van der Waals surface area contributed by atoms with Crippen LogP contribution in [0.25, 0.3) is 5.57 Å². The van der Waals surface area contributed by atoms with Crippen LogP contribution >= 0.6 is 0 Å². The van der Waals surface area contributed by atoms with E-state index in [2.05, 4.69) is 27.8 Å². The zero-order chi connectivity index (χ0) is 19.8. The number of rotatable bonds is 7. The summed E-state index contributed by atoms with van der Waals surface area (Å²) in [5, 5.41) is 24.4. The Bertz CT molecular complexity index is 898. The first-order valence-electron chi connectivity index (χ1n) is 9.53. The highest BCUT2D eigenvalue weighted by molar-refractivity contribution is 6.04. The topological polar surface area (TPSA) is 98.0 Å². The third-order valence-corrected chi connectivity index (χ3v) is 4.74. The van der Waals surface area contributed by atoms with Gasteiger partial charge in [0.1, 0.15) is 11.8 Å². The van der Waals surface area contributed by atoms with Crippen LogP contribution in [-0.4, -0.2) is 29.1 Å². The largest absolute Gasteiger partial charge is 0.395 e. The molecule has 0 saturated carbocycles. The summed E-state index contributed by atoms with van der Waals surface area (Å²) >= 11 is 0. The summed E-state index contributed by atoms with van der Waals surface area (Å²) < 4.78 is 0. The number of hydrogen-bond donors (Lipinski definition) is 3. The molecule has 3 N–H and O–H groups in total. The molecule has 1 aromatic carbocycles. The van der Waals surface area contributed by atoms with E-state index >= 15 is 0 Å². The minimum atomic E-state index is -0.346. The number of nitrogens with zero attached hydrogens (tertiary/aromatic N) is 2. The highest BCUT2D eigenvalue weighted by Crippen LogP contribution is 2.32. The molecule has 1 aromatic heterocycles. The van der Waals surface area contributed by atoms with Crippen molar-refractivity contribution in [2.24, 2.45) is 0 Å². The number of carbonyl (C=O) groups is 1. The summed E-state index contributed by atoms with van der Waals surface area (Å²) in [5.41, 5.74) is 4.29. The number of pyridine rings is 1. The van der Waals surface area contributed by atoms with Crippen LogP contribution in [0.2, 0.25) is 0 Å². The van der Waals surface area contributed by atoms with Gasteiger partial charge in [-0.2, -0.15) is 5.26 Å². The molecule has 1 aliphatic rings. The lowest BCUT2D eigenvalue weighted by Gasteiger charge is -2.16. The van der Waals surface area contributed by atoms with Crippen LogP contribution in [0.3, 0.4) is 0 Å². The Kier molecular flexibility index (Phi) is 6.90. The number of amides is 1. The van der Waals surface area contributed by atoms with E-state index in [4.69, 9.17) is 5.11 Å². The molecule has 0 unspecified atom stereocenters. The number of aliphatic hydroxyl groups excluding tert-OH is 1. The van der Waals surface area contributed by atoms with Gasteiger partial charge >= 0.3 is 0 Å². The van der Waals surface area contributed by atoms with Gasteiger partial charge in [0, 0.05) is 19.3 Å². The highest BCUT2D eigenvalue weighted by atomic mass is 16.3. The lowest BCUT2D eigenvalue weighted by Crippen LogP contribution is -2.18. The first-order chi connectivity index (χ1) is 13.7. The molecule has 1 aliphatic carbocycles. The Labute approximate surface area is 164 Å². The molecule has 0 bridgehead atoms. The van der Waals surface area contributed by atoms with Crippen molar-refractivity contribution in [3.05, 3.63) is 65.0 Å². The van der Waals surface area contributed by atoms with Crippen molar-refractivity contribution in [1.29, 1.82) is 5.26 Å². The summed E-state index contributed by atoms with van der Waals surface area (Å²) in [4.78, 5) is 16.8. The molecule has 6 heteroatoms. The van der Waals surface area contributed by atoms with Crippen LogP contribution in [0.5, 0.6) is 0 Å². The zero-order valence-corrected chi connectivity index (χ0v) is 15.7. The highest BCUT2D eigenvalue weighted by Gasteiger charge is 2.16. The number of nitriles is 1. The van der Waals surface area contributed by atoms with E-state index in [0.29, 0.717) is 24.3 Å². The number of nitrogens with one attached hydrogen (secondary N) is 2. The fourth-order valence-corrected chi connectivity index (χ4v) is 3.29. The third-order valence-electron chi connectivity index (χ3n) is 4.74. The molecular weight excluding hydrogens is 352 g/mol. The molecule has 0 fully saturated rings. The van der Waals surface area contributed by atoms with Gasteiger partial charge in [0.05, 0.1) is 17.9 Å². The van der Waals surface area contributed by atoms with E-state index in [0.717, 1.165) is 30.4 Å². The van der Waals surface area contributed by atoms with Gasteiger partial charge in [0.25, 0.3) is 5.91 Å². The SMILES string of the molecule is N#Cc1c(NC(=O)c2ccc(CNCCO)cn2)cccc1C1=CCCCC1. The number of aliphatic hydroxyl groups is 1. The second-order valence-electron chi connectivity index (χ2n) is 6.72. The van der Waals surface area contributed by atoms with Gasteiger partial charge in [-0.05, 0) is 54.5 Å². The average Bonchev–Trinajstić information content (AvgIpc) is 2.75. The standard InChI is InChI=1S/C22H24N4O2/c23-13-19-18(17-5-2-1-3-6-17)7-4-8-20(19)26-22(28)21-10-9-16(15-25-21)14-24-11-12-27/h4-5,7-10,15,24,27H,1-3,6,11-12,14H2,(H,26,28). The van der Waals surface area contributed by atoms with Crippen LogP contribution in [0.1, 0.15) is 52.9 Å². The van der Waals surface area contributed by atoms with E-state index in [9.17, 15) is 10.1 Å². The van der Waals surface area contributed by atoms with E-state index in [1.165, 1.54) is 12.0 Å². The zero-order valence-electron chi connectivity index (χ0n) is 15.7. The molecule has 28 heavy (non-hydrogen) atoms. The lowest BCUT2D eigenvalue weighted by atomic mass is 9.90. The molecule has 0 radical (unpaired) electrons. The van der Waals surface area contributed by atoms with E-state index in [1.807, 2.05) is 18.2 Å². The smallest absolute Gasteiger partial charge is 0.274 e. The quantitative estimate of drug-likeness (QED) is 0.645. The molecule has 144 valence electrons. The van der Waals surface area contributed by atoms with Gasteiger partial charge in [-0.15, -0.1) is 0 Å². The summed E-state index contributed by atoms with van der Waals surface area (Å²) in [7, 11) is 0. The Morgan fingerprint density at radius 1 is 1.25 bits per heavy atom. The second-order valence-corrected chi connectivity index (χ2v) is 6.72. The summed E-state index contributed by atoms with van der Waals surface area (Å²) in [5.74, 6) is -0.346. The van der Waals surface area contributed by atoms with Gasteiger partial charge in [-0.25, -0.2) is 0 Å². The van der Waals surface area contributed by atoms with Gasteiger partial charge in [0.2, 0.25) is 0 Å². The van der Waals surface area contributed by atoms with Crippen molar-refractivity contribution >= 4 is 17.2 Å². The van der Waals surface area contributed by atoms with Crippen molar-refractivity contribution in [1.82, 2.24) is 10.3 Å². The number of allylic oxidation sites excluding steroid dienone is 2. The van der Waals surface area contributed by atoms with Crippen molar-refractivity contribution in [2.75, 3.05) is 18.5 Å². The fraction of sp³-hybridized carbons (Fsp3) is 0.318. The third kappa shape index (κ3) is 4.83. The van der Waals surface area contributed by atoms with Crippen LogP contribution in [0.4, 0.5) is 5.69 Å². The molecule has 1 amide bonds. The van der Waals surface area contributed by atoms with Crippen LogP contribution < -0.4 is 10.6 Å². The van der Waals surface area contributed by atoms with Gasteiger partial charge in [-0.3, -0.25) is 9.78 Å². The van der Waals surface area contributed by atoms with Crippen molar-refractivity contribution in [3.8, 4) is 6.07 Å². The first-order valence-corrected chi connectivity index (χ1v) is 9.53. The predicted molar refractivity (Wildman–Crippen MR) is 109 cm³/mol.